The molecular formula is C9H13NO3. The van der Waals surface area contributed by atoms with Crippen LogP contribution < -0.4 is 4.90 Å². The summed E-state index contributed by atoms with van der Waals surface area (Å²) in [6, 6.07) is 4.54. The van der Waals surface area contributed by atoms with Gasteiger partial charge in [-0.2, -0.15) is 0 Å². The van der Waals surface area contributed by atoms with Gasteiger partial charge in [0, 0.05) is 25.3 Å². The predicted octanol–water partition coefficient (Wildman–Crippen LogP) is 0.526. The Morgan fingerprint density at radius 3 is 2.46 bits per heavy atom. The number of hydrogen-bond acceptors (Lipinski definition) is 4. The number of anilines is 1. The van der Waals surface area contributed by atoms with Gasteiger partial charge in [0.25, 0.3) is 0 Å². The van der Waals surface area contributed by atoms with Crippen molar-refractivity contribution < 1.29 is 15.3 Å². The smallest absolute Gasteiger partial charge is 0.159 e. The summed E-state index contributed by atoms with van der Waals surface area (Å²) in [6.07, 6.45) is 0. The molecule has 1 aromatic rings. The maximum Gasteiger partial charge on any atom is 0.159 e. The minimum Gasteiger partial charge on any atom is -0.504 e. The van der Waals surface area contributed by atoms with Gasteiger partial charge < -0.3 is 20.2 Å². The molecule has 0 unspecified atom stereocenters. The van der Waals surface area contributed by atoms with Crippen molar-refractivity contribution in [1.82, 2.24) is 0 Å². The number of phenolic OH excluding ortho intramolecular Hbond substituents is 2. The van der Waals surface area contributed by atoms with Crippen LogP contribution in [0.15, 0.2) is 18.2 Å². The van der Waals surface area contributed by atoms with Crippen molar-refractivity contribution in [3.8, 4) is 11.5 Å². The Kier molecular flexibility index (Phi) is 2.97. The van der Waals surface area contributed by atoms with Crippen LogP contribution >= 0.6 is 0 Å². The van der Waals surface area contributed by atoms with Crippen molar-refractivity contribution in [2.75, 3.05) is 25.1 Å². The fourth-order valence-corrected chi connectivity index (χ4v) is 1.03. The highest BCUT2D eigenvalue weighted by molar-refractivity contribution is 5.54. The monoisotopic (exact) mass is 183 g/mol. The van der Waals surface area contributed by atoms with E-state index in [1.54, 1.807) is 18.0 Å². The van der Waals surface area contributed by atoms with Crippen LogP contribution in [-0.4, -0.2) is 35.5 Å². The fourth-order valence-electron chi connectivity index (χ4n) is 1.03. The first kappa shape index (κ1) is 9.67. The van der Waals surface area contributed by atoms with Crippen molar-refractivity contribution >= 4 is 5.69 Å². The van der Waals surface area contributed by atoms with E-state index in [2.05, 4.69) is 0 Å². The molecule has 4 heteroatoms. The summed E-state index contributed by atoms with van der Waals surface area (Å²) in [5.41, 5.74) is 0.754. The molecule has 0 radical (unpaired) electrons. The van der Waals surface area contributed by atoms with E-state index in [9.17, 15) is 5.11 Å². The van der Waals surface area contributed by atoms with E-state index in [-0.39, 0.29) is 18.1 Å². The molecular weight excluding hydrogens is 170 g/mol. The van der Waals surface area contributed by atoms with Crippen molar-refractivity contribution in [2.45, 2.75) is 0 Å². The van der Waals surface area contributed by atoms with Gasteiger partial charge in [0.15, 0.2) is 11.5 Å². The Labute approximate surface area is 76.7 Å². The maximum absolute atomic E-state index is 9.18. The molecule has 0 atom stereocenters. The molecule has 0 spiro atoms. The molecule has 0 aliphatic heterocycles. The molecule has 0 fully saturated rings. The lowest BCUT2D eigenvalue weighted by molar-refractivity contribution is 0.304. The molecule has 0 aliphatic rings. The topological polar surface area (TPSA) is 63.9 Å². The average Bonchev–Trinajstić information content (AvgIpc) is 2.10. The van der Waals surface area contributed by atoms with E-state index in [1.807, 2.05) is 0 Å². The fraction of sp³-hybridized carbons (Fsp3) is 0.333. The Balaban J connectivity index is 2.84. The Morgan fingerprint density at radius 1 is 1.23 bits per heavy atom. The minimum atomic E-state index is -0.151. The van der Waals surface area contributed by atoms with Gasteiger partial charge in [0.2, 0.25) is 0 Å². The molecule has 1 rings (SSSR count). The number of likely N-dealkylation sites (N-methyl/N-ethyl adjacent to an activating group) is 1. The summed E-state index contributed by atoms with van der Waals surface area (Å²) >= 11 is 0. The van der Waals surface area contributed by atoms with Crippen LogP contribution in [0, 0.1) is 0 Å². The molecule has 0 heterocycles. The third kappa shape index (κ3) is 2.26. The van der Waals surface area contributed by atoms with Crippen LogP contribution in [0.2, 0.25) is 0 Å². The maximum atomic E-state index is 9.18. The highest BCUT2D eigenvalue weighted by Gasteiger charge is 2.03. The molecule has 0 saturated heterocycles. The number of nitrogens with zero attached hydrogens (tertiary/aromatic N) is 1. The molecule has 0 amide bonds. The van der Waals surface area contributed by atoms with E-state index < -0.39 is 0 Å². The zero-order valence-corrected chi connectivity index (χ0v) is 7.44. The van der Waals surface area contributed by atoms with Gasteiger partial charge >= 0.3 is 0 Å². The van der Waals surface area contributed by atoms with Crippen molar-refractivity contribution in [3.63, 3.8) is 0 Å². The average molecular weight is 183 g/mol. The van der Waals surface area contributed by atoms with Crippen LogP contribution in [0.4, 0.5) is 5.69 Å². The molecule has 72 valence electrons. The van der Waals surface area contributed by atoms with Gasteiger partial charge in [0.1, 0.15) is 0 Å². The number of hydrogen-bond donors (Lipinski definition) is 3. The zero-order valence-electron chi connectivity index (χ0n) is 7.44. The zero-order chi connectivity index (χ0) is 9.84. The van der Waals surface area contributed by atoms with E-state index in [0.29, 0.717) is 6.54 Å². The second kappa shape index (κ2) is 4.00. The number of aromatic hydroxyl groups is 2. The number of phenols is 2. The normalized spacial score (nSPS) is 10.0. The van der Waals surface area contributed by atoms with Crippen molar-refractivity contribution in [3.05, 3.63) is 18.2 Å². The van der Waals surface area contributed by atoms with Crippen LogP contribution in [-0.2, 0) is 0 Å². The van der Waals surface area contributed by atoms with E-state index in [4.69, 9.17) is 10.2 Å². The van der Waals surface area contributed by atoms with Crippen LogP contribution in [0.3, 0.4) is 0 Å². The molecule has 4 nitrogen and oxygen atoms in total. The summed E-state index contributed by atoms with van der Waals surface area (Å²) in [7, 11) is 1.79. The van der Waals surface area contributed by atoms with Gasteiger partial charge in [0.05, 0.1) is 6.61 Å². The SMILES string of the molecule is CN(CCO)c1ccc(O)c(O)c1. The molecule has 13 heavy (non-hydrogen) atoms. The lowest BCUT2D eigenvalue weighted by Crippen LogP contribution is -2.20. The molecule has 3 N–H and O–H groups in total. The highest BCUT2D eigenvalue weighted by Crippen LogP contribution is 2.28. The van der Waals surface area contributed by atoms with Gasteiger partial charge in [-0.3, -0.25) is 0 Å². The standard InChI is InChI=1S/C9H13NO3/c1-10(4-5-11)7-2-3-8(12)9(13)6-7/h2-3,6,11-13H,4-5H2,1H3. The second-order valence-electron chi connectivity index (χ2n) is 2.82. The molecule has 0 aliphatic carbocycles. The first-order valence-electron chi connectivity index (χ1n) is 3.99. The van der Waals surface area contributed by atoms with Crippen LogP contribution in [0.5, 0.6) is 11.5 Å². The van der Waals surface area contributed by atoms with Gasteiger partial charge in [-0.05, 0) is 12.1 Å². The summed E-state index contributed by atoms with van der Waals surface area (Å²) < 4.78 is 0. The molecule has 0 saturated carbocycles. The number of aliphatic hydroxyl groups excluding tert-OH is 1. The van der Waals surface area contributed by atoms with Crippen LogP contribution in [0.1, 0.15) is 0 Å². The Bertz CT molecular complexity index is 288. The summed E-state index contributed by atoms with van der Waals surface area (Å²) in [5.74, 6) is -0.288. The molecule has 0 aromatic heterocycles. The quantitative estimate of drug-likeness (QED) is 0.598. The molecule has 1 aromatic carbocycles. The predicted molar refractivity (Wildman–Crippen MR) is 50.1 cm³/mol. The number of rotatable bonds is 3. The van der Waals surface area contributed by atoms with Crippen molar-refractivity contribution in [1.29, 1.82) is 0 Å². The minimum absolute atomic E-state index is 0.0537. The summed E-state index contributed by atoms with van der Waals surface area (Å²) in [4.78, 5) is 1.78. The summed E-state index contributed by atoms with van der Waals surface area (Å²) in [6.45, 7) is 0.544. The van der Waals surface area contributed by atoms with Gasteiger partial charge in [-0.25, -0.2) is 0 Å². The first-order chi connectivity index (χ1) is 6.15. The lowest BCUT2D eigenvalue weighted by atomic mass is 10.2. The molecule has 0 bridgehead atoms. The Morgan fingerprint density at radius 2 is 1.92 bits per heavy atom. The lowest BCUT2D eigenvalue weighted by Gasteiger charge is -2.17. The largest absolute Gasteiger partial charge is 0.504 e. The Hall–Kier alpha value is -1.42. The third-order valence-electron chi connectivity index (χ3n) is 1.84. The van der Waals surface area contributed by atoms with E-state index in [1.165, 1.54) is 12.1 Å². The highest BCUT2D eigenvalue weighted by atomic mass is 16.3. The van der Waals surface area contributed by atoms with Gasteiger partial charge in [-0.15, -0.1) is 0 Å². The number of benzene rings is 1. The van der Waals surface area contributed by atoms with Gasteiger partial charge in [-0.1, -0.05) is 0 Å². The first-order valence-corrected chi connectivity index (χ1v) is 3.99. The number of aliphatic hydroxyl groups is 1. The second-order valence-corrected chi connectivity index (χ2v) is 2.82. The van der Waals surface area contributed by atoms with E-state index >= 15 is 0 Å². The van der Waals surface area contributed by atoms with E-state index in [0.717, 1.165) is 5.69 Å². The third-order valence-corrected chi connectivity index (χ3v) is 1.84. The summed E-state index contributed by atoms with van der Waals surface area (Å²) in [5, 5.41) is 26.9. The van der Waals surface area contributed by atoms with Crippen LogP contribution in [0.25, 0.3) is 0 Å². The van der Waals surface area contributed by atoms with Crippen molar-refractivity contribution in [2.24, 2.45) is 0 Å².